The van der Waals surface area contributed by atoms with Crippen LogP contribution in [0.1, 0.15) is 37.3 Å². The van der Waals surface area contributed by atoms with E-state index in [0.29, 0.717) is 11.6 Å². The van der Waals surface area contributed by atoms with Crippen molar-refractivity contribution in [1.82, 2.24) is 4.90 Å². The van der Waals surface area contributed by atoms with Crippen LogP contribution in [-0.2, 0) is 6.54 Å². The van der Waals surface area contributed by atoms with Gasteiger partial charge in [-0.05, 0) is 35.1 Å². The van der Waals surface area contributed by atoms with E-state index in [9.17, 15) is 5.11 Å². The Morgan fingerprint density at radius 2 is 1.96 bits per heavy atom. The summed E-state index contributed by atoms with van der Waals surface area (Å²) in [5.74, 6) is 0.616. The van der Waals surface area contributed by atoms with Crippen molar-refractivity contribution in [3.63, 3.8) is 0 Å². The fraction of sp³-hybridized carbons (Fsp3) is 0.400. The minimum absolute atomic E-state index is 0.197. The van der Waals surface area contributed by atoms with Gasteiger partial charge in [-0.25, -0.2) is 0 Å². The van der Waals surface area contributed by atoms with E-state index in [0.717, 1.165) is 26.1 Å². The second-order valence-corrected chi connectivity index (χ2v) is 7.03. The fourth-order valence-corrected chi connectivity index (χ4v) is 3.77. The third kappa shape index (κ3) is 3.20. The number of phenolic OH excluding ortho intramolecular Hbond substituents is 1. The summed E-state index contributed by atoms with van der Waals surface area (Å²) in [6.45, 7) is 7.69. The quantitative estimate of drug-likeness (QED) is 0.663. The number of aromatic hydroxyl groups is 1. The van der Waals surface area contributed by atoms with Gasteiger partial charge in [-0.2, -0.15) is 0 Å². The van der Waals surface area contributed by atoms with Crippen LogP contribution in [0.3, 0.4) is 0 Å². The third-order valence-electron chi connectivity index (χ3n) is 5.38. The van der Waals surface area contributed by atoms with Crippen LogP contribution in [0.5, 0.6) is 5.75 Å². The molecule has 1 aliphatic rings. The minimum Gasteiger partial charge on any atom is -0.506 e. The predicted molar refractivity (Wildman–Crippen MR) is 95.4 cm³/mol. The average molecular weight is 310 g/mol. The summed E-state index contributed by atoms with van der Waals surface area (Å²) >= 11 is 0. The number of benzene rings is 2. The molecule has 23 heavy (non-hydrogen) atoms. The Bertz CT molecular complexity index is 671. The maximum absolute atomic E-state index is 9.97. The maximum atomic E-state index is 9.97. The fourth-order valence-electron chi connectivity index (χ4n) is 3.77. The smallest absolute Gasteiger partial charge is 0.138 e. The lowest BCUT2D eigenvalue weighted by molar-refractivity contribution is 0.256. The van der Waals surface area contributed by atoms with E-state index < -0.39 is 0 Å². The van der Waals surface area contributed by atoms with Gasteiger partial charge in [0.1, 0.15) is 5.75 Å². The highest BCUT2D eigenvalue weighted by atomic mass is 16.3. The monoisotopic (exact) mass is 310 g/mol. The number of nitrogens with zero attached hydrogens (tertiary/aromatic N) is 1. The number of nitrogens with two attached hydrogens (primary N) is 1. The lowest BCUT2D eigenvalue weighted by atomic mass is 9.74. The third-order valence-corrected chi connectivity index (χ3v) is 5.38. The molecule has 3 heteroatoms. The normalized spacial score (nSPS) is 24.9. The standard InChI is InChI=1S/C20H26N2O/c1-3-20(2)14-22(12-15-7-5-4-6-8-15)13-17(20)16-9-10-18(21)19(23)11-16/h4-11,17,23H,3,12-14,21H2,1-2H3. The van der Waals surface area contributed by atoms with Crippen molar-refractivity contribution < 1.29 is 5.11 Å². The highest BCUT2D eigenvalue weighted by Gasteiger charge is 2.42. The van der Waals surface area contributed by atoms with Crippen LogP contribution in [0, 0.1) is 5.41 Å². The van der Waals surface area contributed by atoms with Crippen molar-refractivity contribution in [3.8, 4) is 5.75 Å². The average Bonchev–Trinajstić information content (AvgIpc) is 2.88. The van der Waals surface area contributed by atoms with Crippen LogP contribution in [0.25, 0.3) is 0 Å². The van der Waals surface area contributed by atoms with Crippen LogP contribution >= 0.6 is 0 Å². The van der Waals surface area contributed by atoms with Gasteiger partial charge in [0.05, 0.1) is 5.69 Å². The molecule has 2 aromatic rings. The Morgan fingerprint density at radius 3 is 2.61 bits per heavy atom. The van der Waals surface area contributed by atoms with E-state index in [1.165, 1.54) is 11.1 Å². The predicted octanol–water partition coefficient (Wildman–Crippen LogP) is 3.99. The lowest BCUT2D eigenvalue weighted by Gasteiger charge is -2.30. The van der Waals surface area contributed by atoms with Gasteiger partial charge < -0.3 is 10.8 Å². The highest BCUT2D eigenvalue weighted by Crippen LogP contribution is 2.46. The molecule has 122 valence electrons. The number of hydrogen-bond acceptors (Lipinski definition) is 3. The van der Waals surface area contributed by atoms with Crippen molar-refractivity contribution in [3.05, 3.63) is 59.7 Å². The summed E-state index contributed by atoms with van der Waals surface area (Å²) in [4.78, 5) is 2.52. The van der Waals surface area contributed by atoms with E-state index in [1.807, 2.05) is 12.1 Å². The summed E-state index contributed by atoms with van der Waals surface area (Å²) in [6.07, 6.45) is 1.12. The van der Waals surface area contributed by atoms with Crippen molar-refractivity contribution in [1.29, 1.82) is 0 Å². The molecular formula is C20H26N2O. The first-order valence-corrected chi connectivity index (χ1v) is 8.36. The van der Waals surface area contributed by atoms with Crippen LogP contribution in [-0.4, -0.2) is 23.1 Å². The molecule has 0 saturated carbocycles. The van der Waals surface area contributed by atoms with Crippen molar-refractivity contribution in [2.24, 2.45) is 5.41 Å². The molecule has 1 fully saturated rings. The molecule has 0 amide bonds. The lowest BCUT2D eigenvalue weighted by Crippen LogP contribution is -2.25. The summed E-state index contributed by atoms with van der Waals surface area (Å²) in [5.41, 5.74) is 8.97. The number of rotatable bonds is 4. The van der Waals surface area contributed by atoms with E-state index in [4.69, 9.17) is 5.73 Å². The van der Waals surface area contributed by atoms with Gasteiger partial charge in [0, 0.05) is 25.6 Å². The molecule has 3 rings (SSSR count). The Hall–Kier alpha value is -2.00. The van der Waals surface area contributed by atoms with Gasteiger partial charge in [0.2, 0.25) is 0 Å². The summed E-state index contributed by atoms with van der Waals surface area (Å²) in [7, 11) is 0. The van der Waals surface area contributed by atoms with Crippen molar-refractivity contribution >= 4 is 5.69 Å². The largest absolute Gasteiger partial charge is 0.506 e. The van der Waals surface area contributed by atoms with Gasteiger partial charge in [-0.3, -0.25) is 4.90 Å². The second-order valence-electron chi connectivity index (χ2n) is 7.03. The maximum Gasteiger partial charge on any atom is 0.138 e. The first kappa shape index (κ1) is 15.9. The molecule has 0 spiro atoms. The molecule has 1 saturated heterocycles. The number of hydrogen-bond donors (Lipinski definition) is 2. The second kappa shape index (κ2) is 6.25. The van der Waals surface area contributed by atoms with E-state index >= 15 is 0 Å². The molecule has 2 unspecified atom stereocenters. The van der Waals surface area contributed by atoms with Crippen LogP contribution in [0.15, 0.2) is 48.5 Å². The van der Waals surface area contributed by atoms with Crippen molar-refractivity contribution in [2.75, 3.05) is 18.8 Å². The molecular weight excluding hydrogens is 284 g/mol. The molecule has 3 nitrogen and oxygen atoms in total. The van der Waals surface area contributed by atoms with Gasteiger partial charge in [-0.15, -0.1) is 0 Å². The van der Waals surface area contributed by atoms with Crippen LogP contribution in [0.2, 0.25) is 0 Å². The van der Waals surface area contributed by atoms with Gasteiger partial charge in [0.15, 0.2) is 0 Å². The highest BCUT2D eigenvalue weighted by molar-refractivity contribution is 5.53. The van der Waals surface area contributed by atoms with E-state index in [2.05, 4.69) is 55.1 Å². The molecule has 1 aliphatic heterocycles. The summed E-state index contributed by atoms with van der Waals surface area (Å²) in [5, 5.41) is 9.97. The molecule has 0 aliphatic carbocycles. The van der Waals surface area contributed by atoms with Gasteiger partial charge in [-0.1, -0.05) is 50.2 Å². The molecule has 0 aromatic heterocycles. The zero-order chi connectivity index (χ0) is 16.4. The van der Waals surface area contributed by atoms with Gasteiger partial charge in [0.25, 0.3) is 0 Å². The molecule has 2 aromatic carbocycles. The number of phenols is 1. The SMILES string of the molecule is CCC1(C)CN(Cc2ccccc2)CC1c1ccc(N)c(O)c1. The Labute approximate surface area is 138 Å². The Balaban J connectivity index is 1.83. The van der Waals surface area contributed by atoms with Crippen molar-refractivity contribution in [2.45, 2.75) is 32.7 Å². The van der Waals surface area contributed by atoms with E-state index in [1.54, 1.807) is 0 Å². The first-order valence-electron chi connectivity index (χ1n) is 8.36. The van der Waals surface area contributed by atoms with E-state index in [-0.39, 0.29) is 11.2 Å². The first-order chi connectivity index (χ1) is 11.0. The summed E-state index contributed by atoms with van der Waals surface area (Å²) < 4.78 is 0. The molecule has 3 N–H and O–H groups in total. The number of likely N-dealkylation sites (tertiary alicyclic amines) is 1. The minimum atomic E-state index is 0.197. The zero-order valence-electron chi connectivity index (χ0n) is 14.0. The number of nitrogen functional groups attached to an aromatic ring is 1. The number of anilines is 1. The zero-order valence-corrected chi connectivity index (χ0v) is 14.0. The van der Waals surface area contributed by atoms with Crippen LogP contribution in [0.4, 0.5) is 5.69 Å². The molecule has 0 bridgehead atoms. The Morgan fingerprint density at radius 1 is 1.22 bits per heavy atom. The molecule has 2 atom stereocenters. The van der Waals surface area contributed by atoms with Gasteiger partial charge >= 0.3 is 0 Å². The molecule has 1 heterocycles. The topological polar surface area (TPSA) is 49.5 Å². The summed E-state index contributed by atoms with van der Waals surface area (Å²) in [6, 6.07) is 16.4. The Kier molecular flexibility index (Phi) is 4.31. The van der Waals surface area contributed by atoms with Crippen LogP contribution < -0.4 is 5.73 Å². The molecule has 0 radical (unpaired) electrons.